The lowest BCUT2D eigenvalue weighted by Gasteiger charge is -2.37. The normalized spacial score (nSPS) is 27.7. The van der Waals surface area contributed by atoms with Gasteiger partial charge in [-0.1, -0.05) is 31.4 Å². The summed E-state index contributed by atoms with van der Waals surface area (Å²) in [6.07, 6.45) is 3.34. The highest BCUT2D eigenvalue weighted by Crippen LogP contribution is 2.38. The molecule has 0 unspecified atom stereocenters. The van der Waals surface area contributed by atoms with Crippen LogP contribution in [0, 0.1) is 5.92 Å². The van der Waals surface area contributed by atoms with Gasteiger partial charge in [0, 0.05) is 26.2 Å². The lowest BCUT2D eigenvalue weighted by molar-refractivity contribution is -0.141. The number of sulfonamides is 1. The molecule has 1 spiro atoms. The molecule has 3 heterocycles. The molecular weight excluding hydrogens is 464 g/mol. The zero-order valence-corrected chi connectivity index (χ0v) is 19.6. The fourth-order valence-corrected chi connectivity index (χ4v) is 7.67. The highest BCUT2D eigenvalue weighted by atomic mass is 35.5. The Morgan fingerprint density at radius 2 is 1.94 bits per heavy atom. The predicted octanol–water partition coefficient (Wildman–Crippen LogP) is 1.74. The number of urea groups is 1. The highest BCUT2D eigenvalue weighted by molar-refractivity contribution is 7.91. The maximum Gasteiger partial charge on any atom is 0.325 e. The molecule has 170 valence electrons. The van der Waals surface area contributed by atoms with Crippen molar-refractivity contribution in [2.75, 3.05) is 32.7 Å². The van der Waals surface area contributed by atoms with Crippen molar-refractivity contribution in [1.29, 1.82) is 0 Å². The average molecular weight is 489 g/mol. The van der Waals surface area contributed by atoms with E-state index in [-0.39, 0.29) is 54.7 Å². The minimum Gasteiger partial charge on any atom is -0.338 e. The van der Waals surface area contributed by atoms with Gasteiger partial charge in [-0.3, -0.25) is 14.5 Å². The fraction of sp³-hybridized carbons (Fsp3) is 0.632. The Labute approximate surface area is 190 Å². The maximum atomic E-state index is 13.0. The molecule has 0 aromatic carbocycles. The van der Waals surface area contributed by atoms with Gasteiger partial charge < -0.3 is 10.2 Å². The van der Waals surface area contributed by atoms with Gasteiger partial charge in [-0.2, -0.15) is 4.31 Å². The molecule has 1 saturated carbocycles. The van der Waals surface area contributed by atoms with Crippen molar-refractivity contribution in [2.24, 2.45) is 5.92 Å². The Morgan fingerprint density at radius 3 is 2.55 bits per heavy atom. The summed E-state index contributed by atoms with van der Waals surface area (Å²) in [6, 6.07) is 2.49. The van der Waals surface area contributed by atoms with E-state index in [0.717, 1.165) is 35.5 Å². The maximum absolute atomic E-state index is 13.0. The highest BCUT2D eigenvalue weighted by Gasteiger charge is 2.55. The Hall–Kier alpha value is -1.69. The van der Waals surface area contributed by atoms with Gasteiger partial charge in [-0.25, -0.2) is 13.2 Å². The number of thiophene rings is 1. The zero-order chi connectivity index (χ0) is 22.4. The van der Waals surface area contributed by atoms with Crippen molar-refractivity contribution in [1.82, 2.24) is 19.4 Å². The first kappa shape index (κ1) is 22.5. The molecule has 1 N–H and O–H groups in total. The van der Waals surface area contributed by atoms with Crippen molar-refractivity contribution in [2.45, 2.75) is 42.4 Å². The molecule has 4 rings (SSSR count). The Bertz CT molecular complexity index is 1000. The van der Waals surface area contributed by atoms with Gasteiger partial charge in [-0.05, 0) is 30.9 Å². The van der Waals surface area contributed by atoms with Crippen molar-refractivity contribution in [3.8, 4) is 0 Å². The molecule has 1 aromatic rings. The second-order valence-electron chi connectivity index (χ2n) is 8.28. The minimum atomic E-state index is -3.65. The summed E-state index contributed by atoms with van der Waals surface area (Å²) in [5, 5.41) is 2.84. The van der Waals surface area contributed by atoms with Crippen molar-refractivity contribution < 1.29 is 22.8 Å². The number of carbonyl (C=O) groups is 3. The third-order valence-corrected chi connectivity index (χ3v) is 10.1. The van der Waals surface area contributed by atoms with Crippen LogP contribution in [-0.4, -0.2) is 78.6 Å². The monoisotopic (exact) mass is 488 g/mol. The molecule has 2 atom stereocenters. The number of amides is 4. The Balaban J connectivity index is 1.37. The minimum absolute atomic E-state index is 0.0253. The number of imide groups is 1. The molecule has 31 heavy (non-hydrogen) atoms. The second kappa shape index (κ2) is 8.34. The lowest BCUT2D eigenvalue weighted by atomic mass is 9.73. The van der Waals surface area contributed by atoms with Gasteiger partial charge in [0.2, 0.25) is 5.91 Å². The number of nitrogens with zero attached hydrogens (tertiary/aromatic N) is 3. The van der Waals surface area contributed by atoms with E-state index in [4.69, 9.17) is 11.6 Å². The van der Waals surface area contributed by atoms with Crippen LogP contribution in [0.4, 0.5) is 4.79 Å². The van der Waals surface area contributed by atoms with E-state index in [2.05, 4.69) is 5.32 Å². The first-order valence-electron chi connectivity index (χ1n) is 10.3. The summed E-state index contributed by atoms with van der Waals surface area (Å²) in [5.41, 5.74) is -0.898. The summed E-state index contributed by atoms with van der Waals surface area (Å²) in [4.78, 5) is 40.8. The molecule has 4 amide bonds. The number of hydrogen-bond acceptors (Lipinski definition) is 6. The Kier molecular flexibility index (Phi) is 6.06. The molecule has 12 heteroatoms. The third kappa shape index (κ3) is 3.96. The van der Waals surface area contributed by atoms with Gasteiger partial charge >= 0.3 is 6.03 Å². The molecule has 3 fully saturated rings. The summed E-state index contributed by atoms with van der Waals surface area (Å²) in [6.45, 7) is 2.32. The second-order valence-corrected chi connectivity index (χ2v) is 12.2. The molecule has 2 saturated heterocycles. The number of rotatable bonds is 4. The summed E-state index contributed by atoms with van der Waals surface area (Å²) >= 11 is 6.85. The molecule has 9 nitrogen and oxygen atoms in total. The number of halogens is 1. The van der Waals surface area contributed by atoms with Crippen molar-refractivity contribution >= 4 is 50.8 Å². The van der Waals surface area contributed by atoms with Crippen LogP contribution in [-0.2, 0) is 19.6 Å². The average Bonchev–Trinajstić information content (AvgIpc) is 3.28. The van der Waals surface area contributed by atoms with Crippen LogP contribution in [0.3, 0.4) is 0 Å². The first-order chi connectivity index (χ1) is 14.6. The zero-order valence-electron chi connectivity index (χ0n) is 17.2. The summed E-state index contributed by atoms with van der Waals surface area (Å²) in [5.74, 6) is -0.661. The number of piperazine rings is 1. The van der Waals surface area contributed by atoms with Crippen molar-refractivity contribution in [3.63, 3.8) is 0 Å². The van der Waals surface area contributed by atoms with Crippen LogP contribution < -0.4 is 5.32 Å². The van der Waals surface area contributed by atoms with Crippen LogP contribution in [0.1, 0.15) is 32.6 Å². The predicted molar refractivity (Wildman–Crippen MR) is 115 cm³/mol. The summed E-state index contributed by atoms with van der Waals surface area (Å²) in [7, 11) is -3.65. The van der Waals surface area contributed by atoms with Gasteiger partial charge in [0.25, 0.3) is 15.9 Å². The third-order valence-electron chi connectivity index (χ3n) is 6.53. The van der Waals surface area contributed by atoms with Gasteiger partial charge in [-0.15, -0.1) is 11.3 Å². The Morgan fingerprint density at radius 1 is 1.23 bits per heavy atom. The van der Waals surface area contributed by atoms with Gasteiger partial charge in [0.05, 0.1) is 4.34 Å². The van der Waals surface area contributed by atoms with E-state index in [1.54, 1.807) is 0 Å². The smallest absolute Gasteiger partial charge is 0.325 e. The van der Waals surface area contributed by atoms with E-state index in [9.17, 15) is 22.8 Å². The van der Waals surface area contributed by atoms with E-state index in [1.165, 1.54) is 21.3 Å². The van der Waals surface area contributed by atoms with Crippen LogP contribution in [0.25, 0.3) is 0 Å². The molecule has 2 aliphatic heterocycles. The lowest BCUT2D eigenvalue weighted by Crippen LogP contribution is -2.55. The quantitative estimate of drug-likeness (QED) is 0.649. The molecule has 3 aliphatic rings. The van der Waals surface area contributed by atoms with Crippen LogP contribution in [0.2, 0.25) is 4.34 Å². The molecule has 1 aliphatic carbocycles. The number of nitrogens with one attached hydrogen (secondary N) is 1. The van der Waals surface area contributed by atoms with Crippen LogP contribution in [0.5, 0.6) is 0 Å². The van der Waals surface area contributed by atoms with E-state index >= 15 is 0 Å². The molecular formula is C19H25ClN4O5S2. The number of hydrogen-bond donors (Lipinski definition) is 1. The largest absolute Gasteiger partial charge is 0.338 e. The first-order valence-corrected chi connectivity index (χ1v) is 13.0. The standard InChI is InChI=1S/C19H25ClN4O5S2/c1-13-4-2-3-7-19(13)17(26)24(18(27)21-19)12-15(25)22-8-10-23(11-9-22)31(28,29)16-6-5-14(20)30-16/h5-6,13H,2-4,7-12H2,1H3,(H,21,27)/t13-,19-/m1/s1. The van der Waals surface area contributed by atoms with Crippen molar-refractivity contribution in [3.05, 3.63) is 16.5 Å². The van der Waals surface area contributed by atoms with E-state index < -0.39 is 21.6 Å². The molecule has 1 aromatic heterocycles. The SMILES string of the molecule is C[C@@H]1CCCC[C@@]12NC(=O)N(CC(=O)N1CCN(S(=O)(=O)c3ccc(Cl)s3)CC1)C2=O. The fourth-order valence-electron chi connectivity index (χ4n) is 4.62. The van der Waals surface area contributed by atoms with Crippen LogP contribution >= 0.6 is 22.9 Å². The number of carbonyl (C=O) groups excluding carboxylic acids is 3. The topological polar surface area (TPSA) is 107 Å². The summed E-state index contributed by atoms with van der Waals surface area (Å²) < 4.78 is 27.3. The van der Waals surface area contributed by atoms with E-state index in [0.29, 0.717) is 10.8 Å². The molecule has 0 bridgehead atoms. The molecule has 0 radical (unpaired) electrons. The van der Waals surface area contributed by atoms with Gasteiger partial charge in [0.1, 0.15) is 16.3 Å². The van der Waals surface area contributed by atoms with Gasteiger partial charge in [0.15, 0.2) is 0 Å². The van der Waals surface area contributed by atoms with E-state index in [1.807, 2.05) is 6.92 Å². The van der Waals surface area contributed by atoms with Crippen LogP contribution in [0.15, 0.2) is 16.3 Å².